The van der Waals surface area contributed by atoms with Gasteiger partial charge in [-0.25, -0.2) is 4.98 Å². The molecule has 0 bridgehead atoms. The van der Waals surface area contributed by atoms with E-state index in [1.54, 1.807) is 24.3 Å². The molecule has 1 heterocycles. The van der Waals surface area contributed by atoms with Gasteiger partial charge in [0.1, 0.15) is 17.3 Å². The monoisotopic (exact) mass is 671 g/mol. The Labute approximate surface area is 269 Å². The average molecular weight is 673 g/mol. The van der Waals surface area contributed by atoms with Crippen LogP contribution in [0.4, 0.5) is 18.9 Å². The van der Waals surface area contributed by atoms with Crippen molar-refractivity contribution in [3.05, 3.63) is 119 Å². The van der Waals surface area contributed by atoms with Gasteiger partial charge in [-0.3, -0.25) is 4.31 Å². The molecule has 0 saturated heterocycles. The third-order valence-corrected chi connectivity index (χ3v) is 9.03. The molecule has 0 atom stereocenters. The van der Waals surface area contributed by atoms with Gasteiger partial charge in [-0.15, -0.1) is 0 Å². The molecule has 6 nitrogen and oxygen atoms in total. The summed E-state index contributed by atoms with van der Waals surface area (Å²) in [6, 6.07) is 26.0. The van der Waals surface area contributed by atoms with Crippen LogP contribution in [0.1, 0.15) is 18.3 Å². The zero-order valence-electron chi connectivity index (χ0n) is 24.0. The highest BCUT2D eigenvalue weighted by atomic mass is 35.5. The van der Waals surface area contributed by atoms with Crippen molar-refractivity contribution in [2.75, 3.05) is 11.4 Å². The molecule has 4 aromatic carbocycles. The molecule has 0 aliphatic carbocycles. The lowest BCUT2D eigenvalue weighted by Crippen LogP contribution is -2.38. The van der Waals surface area contributed by atoms with E-state index in [1.807, 2.05) is 72.3 Å². The molecule has 0 spiro atoms. The minimum absolute atomic E-state index is 0.142. The van der Waals surface area contributed by atoms with E-state index in [0.717, 1.165) is 47.4 Å². The van der Waals surface area contributed by atoms with Crippen LogP contribution in [-0.4, -0.2) is 30.5 Å². The van der Waals surface area contributed by atoms with Crippen molar-refractivity contribution in [2.45, 2.75) is 19.0 Å². The maximum Gasteiger partial charge on any atom is 0.516 e. The Kier molecular flexibility index (Phi) is 9.29. The first-order valence-electron chi connectivity index (χ1n) is 13.6. The predicted octanol–water partition coefficient (Wildman–Crippen LogP) is 9.79. The number of aryl methyl sites for hydroxylation is 1. The zero-order chi connectivity index (χ0) is 32.4. The Balaban J connectivity index is 1.24. The zero-order valence-corrected chi connectivity index (χ0v) is 26.3. The van der Waals surface area contributed by atoms with Crippen molar-refractivity contribution in [1.82, 2.24) is 9.55 Å². The van der Waals surface area contributed by atoms with Crippen LogP contribution < -0.4 is 9.04 Å². The quantitative estimate of drug-likeness (QED) is 0.156. The molecule has 0 saturated carbocycles. The van der Waals surface area contributed by atoms with Gasteiger partial charge in [-0.2, -0.15) is 21.6 Å². The topological polar surface area (TPSA) is 64.4 Å². The summed E-state index contributed by atoms with van der Waals surface area (Å²) in [6.07, 6.45) is 5.91. The number of hydrogen-bond acceptors (Lipinski definition) is 4. The second-order valence-corrected chi connectivity index (χ2v) is 12.7. The Hall–Kier alpha value is -4.25. The van der Waals surface area contributed by atoms with Gasteiger partial charge in [0.25, 0.3) is 0 Å². The van der Waals surface area contributed by atoms with E-state index in [-0.39, 0.29) is 9.99 Å². The molecule has 1 aromatic heterocycles. The lowest BCUT2D eigenvalue weighted by molar-refractivity contribution is -0.0437. The van der Waals surface area contributed by atoms with Gasteiger partial charge in [-0.1, -0.05) is 65.7 Å². The van der Waals surface area contributed by atoms with Gasteiger partial charge >= 0.3 is 15.5 Å². The molecule has 45 heavy (non-hydrogen) atoms. The highest BCUT2D eigenvalue weighted by molar-refractivity contribution is 7.93. The summed E-state index contributed by atoms with van der Waals surface area (Å²) in [5.74, 6) is 1.65. The fourth-order valence-corrected chi connectivity index (χ4v) is 5.69. The van der Waals surface area contributed by atoms with Crippen LogP contribution in [0.3, 0.4) is 0 Å². The standard InChI is InChI=1S/C33H26Cl2F3N3O3S/c1-3-41-21-31(29-18-11-25(34)20-30(29)35)39-32(41)19-6-22-4-7-23(8-5-22)24-9-14-27(15-10-24)44-28-16-12-26(13-17-28)40(2)45(42,43)33(36,37)38/h4-21H,3H2,1-2H3. The van der Waals surface area contributed by atoms with Crippen molar-refractivity contribution in [1.29, 1.82) is 0 Å². The van der Waals surface area contributed by atoms with Crippen molar-refractivity contribution in [2.24, 2.45) is 0 Å². The fourth-order valence-electron chi connectivity index (χ4n) is 4.47. The summed E-state index contributed by atoms with van der Waals surface area (Å²) in [4.78, 5) is 4.76. The minimum atomic E-state index is -5.49. The molecule has 0 aliphatic heterocycles. The molecule has 5 rings (SSSR count). The van der Waals surface area contributed by atoms with Gasteiger partial charge < -0.3 is 9.30 Å². The Bertz CT molecular complexity index is 1940. The highest BCUT2D eigenvalue weighted by Gasteiger charge is 2.49. The largest absolute Gasteiger partial charge is 0.516 e. The highest BCUT2D eigenvalue weighted by Crippen LogP contribution is 2.33. The fraction of sp³-hybridized carbons (Fsp3) is 0.121. The first kappa shape index (κ1) is 32.2. The first-order valence-corrected chi connectivity index (χ1v) is 15.8. The molecule has 0 radical (unpaired) electrons. The number of rotatable bonds is 9. The van der Waals surface area contributed by atoms with Crippen molar-refractivity contribution in [3.63, 3.8) is 0 Å². The Morgan fingerprint density at radius 1 is 0.867 bits per heavy atom. The van der Waals surface area contributed by atoms with Crippen LogP contribution in [0.5, 0.6) is 11.5 Å². The normalized spacial score (nSPS) is 12.1. The summed E-state index contributed by atoms with van der Waals surface area (Å²) in [5.41, 5.74) is -1.02. The molecule has 232 valence electrons. The van der Waals surface area contributed by atoms with Crippen LogP contribution in [0.25, 0.3) is 34.5 Å². The molecule has 0 N–H and O–H groups in total. The minimum Gasteiger partial charge on any atom is -0.457 e. The number of alkyl halides is 3. The number of benzene rings is 4. The van der Waals surface area contributed by atoms with Crippen LogP contribution >= 0.6 is 23.2 Å². The van der Waals surface area contributed by atoms with Crippen LogP contribution in [0.15, 0.2) is 97.2 Å². The summed E-state index contributed by atoms with van der Waals surface area (Å²) >= 11 is 12.4. The third kappa shape index (κ3) is 7.19. The van der Waals surface area contributed by atoms with Crippen molar-refractivity contribution < 1.29 is 26.3 Å². The molecule has 0 amide bonds. The lowest BCUT2D eigenvalue weighted by Gasteiger charge is -2.21. The maximum absolute atomic E-state index is 12.8. The summed E-state index contributed by atoms with van der Waals surface area (Å²) < 4.78 is 69.8. The van der Waals surface area contributed by atoms with E-state index in [9.17, 15) is 21.6 Å². The average Bonchev–Trinajstić information content (AvgIpc) is 3.43. The molecule has 0 aliphatic rings. The Morgan fingerprint density at radius 3 is 2.00 bits per heavy atom. The number of hydrogen-bond donors (Lipinski definition) is 0. The van der Waals surface area contributed by atoms with Crippen LogP contribution in [0.2, 0.25) is 10.0 Å². The van der Waals surface area contributed by atoms with Crippen LogP contribution in [0, 0.1) is 0 Å². The number of halogens is 5. The molecular weight excluding hydrogens is 646 g/mol. The van der Waals surface area contributed by atoms with E-state index in [4.69, 9.17) is 32.9 Å². The van der Waals surface area contributed by atoms with Gasteiger partial charge in [0.15, 0.2) is 0 Å². The number of sulfonamides is 1. The second-order valence-electron chi connectivity index (χ2n) is 9.89. The lowest BCUT2D eigenvalue weighted by atomic mass is 10.0. The predicted molar refractivity (Wildman–Crippen MR) is 174 cm³/mol. The van der Waals surface area contributed by atoms with Crippen molar-refractivity contribution >= 4 is 51.1 Å². The molecular formula is C33H26Cl2F3N3O3S. The molecule has 0 fully saturated rings. The number of anilines is 1. The number of ether oxygens (including phenoxy) is 1. The number of nitrogens with zero attached hydrogens (tertiary/aromatic N) is 3. The van der Waals surface area contributed by atoms with E-state index >= 15 is 0 Å². The SMILES string of the molecule is CCn1cc(-c2ccc(Cl)cc2Cl)nc1C=Cc1ccc(-c2ccc(Oc3ccc(N(C)S(=O)(=O)C(F)(F)F)cc3)cc2)cc1. The van der Waals surface area contributed by atoms with E-state index < -0.39 is 15.5 Å². The Morgan fingerprint density at radius 2 is 1.44 bits per heavy atom. The molecule has 0 unspecified atom stereocenters. The van der Waals surface area contributed by atoms with E-state index in [2.05, 4.69) is 0 Å². The van der Waals surface area contributed by atoms with Crippen molar-refractivity contribution in [3.8, 4) is 33.9 Å². The molecule has 12 heteroatoms. The smallest absolute Gasteiger partial charge is 0.457 e. The number of aromatic nitrogens is 2. The first-order chi connectivity index (χ1) is 21.4. The number of imidazole rings is 1. The molecule has 5 aromatic rings. The third-order valence-electron chi connectivity index (χ3n) is 6.97. The summed E-state index contributed by atoms with van der Waals surface area (Å²) in [6.45, 7) is 2.79. The van der Waals surface area contributed by atoms with E-state index in [0.29, 0.717) is 21.5 Å². The van der Waals surface area contributed by atoms with E-state index in [1.165, 1.54) is 24.3 Å². The second kappa shape index (κ2) is 13.0. The summed E-state index contributed by atoms with van der Waals surface area (Å²) in [7, 11) is -4.64. The van der Waals surface area contributed by atoms with Crippen LogP contribution in [-0.2, 0) is 16.6 Å². The van der Waals surface area contributed by atoms with Gasteiger partial charge in [-0.05, 0) is 84.3 Å². The van der Waals surface area contributed by atoms with Gasteiger partial charge in [0.05, 0.1) is 16.4 Å². The van der Waals surface area contributed by atoms with Gasteiger partial charge in [0, 0.05) is 30.4 Å². The summed E-state index contributed by atoms with van der Waals surface area (Å²) in [5, 5.41) is 1.11. The van der Waals surface area contributed by atoms with Gasteiger partial charge in [0.2, 0.25) is 0 Å². The maximum atomic E-state index is 12.8.